The number of carbonyl (C=O) groups excluding carboxylic acids is 1. The van der Waals surface area contributed by atoms with Crippen LogP contribution in [0.3, 0.4) is 0 Å². The predicted octanol–water partition coefficient (Wildman–Crippen LogP) is 2.26. The van der Waals surface area contributed by atoms with Gasteiger partial charge in [0.2, 0.25) is 0 Å². The van der Waals surface area contributed by atoms with Crippen LogP contribution in [0.25, 0.3) is 0 Å². The molecule has 1 aliphatic carbocycles. The maximum atomic E-state index is 12.2. The van der Waals surface area contributed by atoms with Crippen molar-refractivity contribution in [2.45, 2.75) is 39.2 Å². The molecule has 1 fully saturated rings. The summed E-state index contributed by atoms with van der Waals surface area (Å²) in [6, 6.07) is 5.97. The molecule has 0 saturated heterocycles. The molecule has 3 heteroatoms. The standard InChI is InChI=1S/C17H21NO2/c1-12-7-14(5-3-4-6-19)11-15(8-12)17(20)18-16-9-13(2)10-16/h7-8,11,13,16,19H,4,6,9-10H2,1-2H3,(H,18,20). The second kappa shape index (κ2) is 6.58. The molecule has 0 bridgehead atoms. The Hall–Kier alpha value is -1.79. The zero-order valence-corrected chi connectivity index (χ0v) is 12.1. The van der Waals surface area contributed by atoms with Crippen LogP contribution in [0, 0.1) is 24.7 Å². The van der Waals surface area contributed by atoms with Gasteiger partial charge in [-0.2, -0.15) is 0 Å². The van der Waals surface area contributed by atoms with E-state index in [1.165, 1.54) is 0 Å². The van der Waals surface area contributed by atoms with Crippen molar-refractivity contribution in [1.29, 1.82) is 0 Å². The van der Waals surface area contributed by atoms with Gasteiger partial charge in [-0.1, -0.05) is 18.8 Å². The van der Waals surface area contributed by atoms with Crippen LogP contribution in [0.2, 0.25) is 0 Å². The summed E-state index contributed by atoms with van der Waals surface area (Å²) >= 11 is 0. The molecule has 20 heavy (non-hydrogen) atoms. The van der Waals surface area contributed by atoms with Crippen LogP contribution < -0.4 is 5.32 Å². The lowest BCUT2D eigenvalue weighted by Crippen LogP contribution is -2.43. The molecule has 0 spiro atoms. The van der Waals surface area contributed by atoms with E-state index in [-0.39, 0.29) is 12.5 Å². The Kier molecular flexibility index (Phi) is 4.81. The number of amides is 1. The Balaban J connectivity index is 2.07. The van der Waals surface area contributed by atoms with Crippen molar-refractivity contribution in [1.82, 2.24) is 5.32 Å². The fourth-order valence-corrected chi connectivity index (χ4v) is 2.50. The number of aryl methyl sites for hydroxylation is 1. The van der Waals surface area contributed by atoms with E-state index in [9.17, 15) is 4.79 Å². The van der Waals surface area contributed by atoms with E-state index >= 15 is 0 Å². The second-order valence-electron chi connectivity index (χ2n) is 5.61. The van der Waals surface area contributed by atoms with Gasteiger partial charge in [0.1, 0.15) is 0 Å². The maximum Gasteiger partial charge on any atom is 0.251 e. The van der Waals surface area contributed by atoms with Gasteiger partial charge in [0.05, 0.1) is 6.61 Å². The second-order valence-corrected chi connectivity index (χ2v) is 5.61. The van der Waals surface area contributed by atoms with E-state index in [4.69, 9.17) is 5.11 Å². The largest absolute Gasteiger partial charge is 0.395 e. The van der Waals surface area contributed by atoms with Crippen molar-refractivity contribution in [3.63, 3.8) is 0 Å². The highest BCUT2D eigenvalue weighted by Gasteiger charge is 2.26. The first-order chi connectivity index (χ1) is 9.58. The molecular weight excluding hydrogens is 250 g/mol. The fraction of sp³-hybridized carbons (Fsp3) is 0.471. The summed E-state index contributed by atoms with van der Waals surface area (Å²) in [7, 11) is 0. The summed E-state index contributed by atoms with van der Waals surface area (Å²) in [5.74, 6) is 6.56. The molecule has 3 nitrogen and oxygen atoms in total. The van der Waals surface area contributed by atoms with Gasteiger partial charge in [-0.05, 0) is 49.4 Å². The summed E-state index contributed by atoms with van der Waals surface area (Å²) in [6.07, 6.45) is 2.59. The van der Waals surface area contributed by atoms with Crippen molar-refractivity contribution in [2.24, 2.45) is 5.92 Å². The third kappa shape index (κ3) is 3.85. The Bertz CT molecular complexity index is 548. The number of rotatable bonds is 3. The average molecular weight is 271 g/mol. The first kappa shape index (κ1) is 14.6. The van der Waals surface area contributed by atoms with Crippen molar-refractivity contribution in [2.75, 3.05) is 6.61 Å². The van der Waals surface area contributed by atoms with Crippen molar-refractivity contribution in [3.05, 3.63) is 34.9 Å². The van der Waals surface area contributed by atoms with Crippen LogP contribution in [-0.4, -0.2) is 23.7 Å². The van der Waals surface area contributed by atoms with Gasteiger partial charge < -0.3 is 10.4 Å². The predicted molar refractivity (Wildman–Crippen MR) is 79.4 cm³/mol. The van der Waals surface area contributed by atoms with Crippen LogP contribution >= 0.6 is 0 Å². The lowest BCUT2D eigenvalue weighted by atomic mass is 9.82. The third-order valence-electron chi connectivity index (χ3n) is 3.52. The smallest absolute Gasteiger partial charge is 0.251 e. The van der Waals surface area contributed by atoms with Crippen molar-refractivity contribution < 1.29 is 9.90 Å². The van der Waals surface area contributed by atoms with E-state index in [0.29, 0.717) is 18.0 Å². The summed E-state index contributed by atoms with van der Waals surface area (Å²) in [5.41, 5.74) is 2.51. The number of carbonyl (C=O) groups is 1. The molecule has 1 amide bonds. The molecule has 0 radical (unpaired) electrons. The van der Waals surface area contributed by atoms with Gasteiger partial charge in [-0.25, -0.2) is 0 Å². The molecule has 0 aromatic heterocycles. The van der Waals surface area contributed by atoms with E-state index < -0.39 is 0 Å². The number of hydrogen-bond donors (Lipinski definition) is 2. The number of aliphatic hydroxyl groups is 1. The average Bonchev–Trinajstić information content (AvgIpc) is 2.36. The molecule has 1 saturated carbocycles. The minimum Gasteiger partial charge on any atom is -0.395 e. The minimum absolute atomic E-state index is 0.0178. The van der Waals surface area contributed by atoms with Crippen LogP contribution in [0.1, 0.15) is 47.7 Å². The zero-order valence-electron chi connectivity index (χ0n) is 12.1. The SMILES string of the molecule is Cc1cc(C#CCCO)cc(C(=O)NC2CC(C)C2)c1. The van der Waals surface area contributed by atoms with Crippen molar-refractivity contribution in [3.8, 4) is 11.8 Å². The lowest BCUT2D eigenvalue weighted by Gasteiger charge is -2.33. The summed E-state index contributed by atoms with van der Waals surface area (Å²) in [4.78, 5) is 12.2. The summed E-state index contributed by atoms with van der Waals surface area (Å²) in [5, 5.41) is 11.8. The maximum absolute atomic E-state index is 12.2. The van der Waals surface area contributed by atoms with E-state index in [0.717, 1.165) is 29.9 Å². The topological polar surface area (TPSA) is 49.3 Å². The van der Waals surface area contributed by atoms with Crippen LogP contribution in [0.5, 0.6) is 0 Å². The van der Waals surface area contributed by atoms with E-state index in [2.05, 4.69) is 24.1 Å². The molecule has 0 atom stereocenters. The van der Waals surface area contributed by atoms with E-state index in [1.807, 2.05) is 25.1 Å². The molecule has 106 valence electrons. The summed E-state index contributed by atoms with van der Waals surface area (Å²) in [6.45, 7) is 4.22. The monoisotopic (exact) mass is 271 g/mol. The Morgan fingerprint density at radius 2 is 2.15 bits per heavy atom. The summed E-state index contributed by atoms with van der Waals surface area (Å²) < 4.78 is 0. The quantitative estimate of drug-likeness (QED) is 0.828. The molecular formula is C17H21NO2. The molecule has 1 aliphatic rings. The minimum atomic E-state index is -0.0178. The van der Waals surface area contributed by atoms with Crippen LogP contribution in [0.15, 0.2) is 18.2 Å². The number of benzene rings is 1. The highest BCUT2D eigenvalue weighted by atomic mass is 16.2. The van der Waals surface area contributed by atoms with E-state index in [1.54, 1.807) is 0 Å². The van der Waals surface area contributed by atoms with Crippen molar-refractivity contribution >= 4 is 5.91 Å². The van der Waals surface area contributed by atoms with Gasteiger partial charge in [0.25, 0.3) is 5.91 Å². The molecule has 1 aromatic rings. The molecule has 0 heterocycles. The van der Waals surface area contributed by atoms with Gasteiger partial charge in [0, 0.05) is 23.6 Å². The molecule has 1 aromatic carbocycles. The van der Waals surface area contributed by atoms with Gasteiger partial charge >= 0.3 is 0 Å². The molecule has 2 rings (SSSR count). The Labute approximate surface area is 120 Å². The molecule has 2 N–H and O–H groups in total. The van der Waals surface area contributed by atoms with Crippen LogP contribution in [0.4, 0.5) is 0 Å². The van der Waals surface area contributed by atoms with Gasteiger partial charge in [-0.15, -0.1) is 0 Å². The Morgan fingerprint density at radius 3 is 2.80 bits per heavy atom. The first-order valence-corrected chi connectivity index (χ1v) is 7.10. The molecule has 0 unspecified atom stereocenters. The first-order valence-electron chi connectivity index (χ1n) is 7.10. The number of nitrogens with one attached hydrogen (secondary N) is 1. The fourth-order valence-electron chi connectivity index (χ4n) is 2.50. The molecule has 0 aliphatic heterocycles. The highest BCUT2D eigenvalue weighted by molar-refractivity contribution is 5.95. The van der Waals surface area contributed by atoms with Crippen LogP contribution in [-0.2, 0) is 0 Å². The third-order valence-corrected chi connectivity index (χ3v) is 3.52. The van der Waals surface area contributed by atoms with Gasteiger partial charge in [-0.3, -0.25) is 4.79 Å². The highest BCUT2D eigenvalue weighted by Crippen LogP contribution is 2.26. The van der Waals surface area contributed by atoms with Gasteiger partial charge in [0.15, 0.2) is 0 Å². The Morgan fingerprint density at radius 1 is 1.40 bits per heavy atom. The normalized spacial score (nSPS) is 20.6. The lowest BCUT2D eigenvalue weighted by molar-refractivity contribution is 0.0896. The number of aliphatic hydroxyl groups excluding tert-OH is 1. The number of hydrogen-bond acceptors (Lipinski definition) is 2. The zero-order chi connectivity index (χ0) is 14.5.